The second kappa shape index (κ2) is 6.57. The van der Waals surface area contributed by atoms with Crippen molar-refractivity contribution in [2.24, 2.45) is 11.8 Å². The molecule has 1 fully saturated rings. The fourth-order valence-electron chi connectivity index (χ4n) is 3.12. The van der Waals surface area contributed by atoms with Crippen LogP contribution in [0.25, 0.3) is 0 Å². The Bertz CT molecular complexity index is 464. The minimum Gasteiger partial charge on any atom is -0.359 e. The van der Waals surface area contributed by atoms with Crippen LogP contribution in [0.3, 0.4) is 0 Å². The molecular formula is C17H26N2S. The summed E-state index contributed by atoms with van der Waals surface area (Å²) in [7, 11) is 0. The van der Waals surface area contributed by atoms with E-state index in [1.165, 1.54) is 30.4 Å². The minimum absolute atomic E-state index is 0.503. The van der Waals surface area contributed by atoms with Gasteiger partial charge in [0.2, 0.25) is 0 Å². The maximum Gasteiger partial charge on any atom is 0.171 e. The van der Waals surface area contributed by atoms with E-state index in [2.05, 4.69) is 56.5 Å². The molecule has 1 saturated carbocycles. The average molecular weight is 290 g/mol. The fourth-order valence-corrected chi connectivity index (χ4v) is 3.37. The van der Waals surface area contributed by atoms with E-state index in [0.29, 0.717) is 12.0 Å². The second-order valence-electron chi connectivity index (χ2n) is 6.24. The Hall–Kier alpha value is -1.09. The van der Waals surface area contributed by atoms with Crippen LogP contribution in [0.15, 0.2) is 18.2 Å². The molecule has 3 heteroatoms. The van der Waals surface area contributed by atoms with Gasteiger partial charge >= 0.3 is 0 Å². The first-order valence-corrected chi connectivity index (χ1v) is 8.03. The van der Waals surface area contributed by atoms with Crippen molar-refractivity contribution >= 4 is 23.0 Å². The van der Waals surface area contributed by atoms with Gasteiger partial charge in [-0.15, -0.1) is 0 Å². The van der Waals surface area contributed by atoms with Crippen molar-refractivity contribution in [3.63, 3.8) is 0 Å². The van der Waals surface area contributed by atoms with Gasteiger partial charge in [-0.25, -0.2) is 0 Å². The minimum atomic E-state index is 0.503. The van der Waals surface area contributed by atoms with Gasteiger partial charge in [0.05, 0.1) is 0 Å². The lowest BCUT2D eigenvalue weighted by Crippen LogP contribution is -2.45. The molecular weight excluding hydrogens is 264 g/mol. The van der Waals surface area contributed by atoms with Gasteiger partial charge < -0.3 is 10.6 Å². The fraction of sp³-hybridized carbons (Fsp3) is 0.588. The van der Waals surface area contributed by atoms with Gasteiger partial charge in [-0.05, 0) is 55.4 Å². The predicted molar refractivity (Wildman–Crippen MR) is 91.2 cm³/mol. The molecule has 2 N–H and O–H groups in total. The molecule has 0 amide bonds. The number of hydrogen-bond acceptors (Lipinski definition) is 1. The van der Waals surface area contributed by atoms with Gasteiger partial charge in [0, 0.05) is 11.7 Å². The molecule has 2 rings (SSSR count). The van der Waals surface area contributed by atoms with E-state index in [0.717, 1.165) is 16.7 Å². The van der Waals surface area contributed by atoms with Crippen molar-refractivity contribution in [2.75, 3.05) is 5.32 Å². The van der Waals surface area contributed by atoms with Crippen LogP contribution in [0.2, 0.25) is 0 Å². The first kappa shape index (κ1) is 15.3. The monoisotopic (exact) mass is 290 g/mol. The number of para-hydroxylation sites is 1. The van der Waals surface area contributed by atoms with Crippen molar-refractivity contribution < 1.29 is 0 Å². The van der Waals surface area contributed by atoms with Crippen molar-refractivity contribution in [2.45, 2.75) is 53.0 Å². The van der Waals surface area contributed by atoms with Gasteiger partial charge in [-0.1, -0.05) is 44.9 Å². The maximum absolute atomic E-state index is 5.51. The van der Waals surface area contributed by atoms with E-state index in [9.17, 15) is 0 Å². The van der Waals surface area contributed by atoms with E-state index in [-0.39, 0.29) is 0 Å². The quantitative estimate of drug-likeness (QED) is 0.789. The molecule has 2 nitrogen and oxygen atoms in total. The summed E-state index contributed by atoms with van der Waals surface area (Å²) in [6.07, 6.45) is 3.87. The Morgan fingerprint density at radius 1 is 1.15 bits per heavy atom. The van der Waals surface area contributed by atoms with E-state index in [4.69, 9.17) is 12.2 Å². The number of thiocarbonyl (C=S) groups is 1. The van der Waals surface area contributed by atoms with Gasteiger partial charge in [0.1, 0.15) is 0 Å². The Morgan fingerprint density at radius 3 is 2.45 bits per heavy atom. The highest BCUT2D eigenvalue weighted by Crippen LogP contribution is 2.29. The molecule has 110 valence electrons. The highest BCUT2D eigenvalue weighted by molar-refractivity contribution is 7.80. The normalized spacial score (nSPS) is 26.1. The van der Waals surface area contributed by atoms with Gasteiger partial charge in [0.15, 0.2) is 5.11 Å². The second-order valence-corrected chi connectivity index (χ2v) is 6.65. The van der Waals surface area contributed by atoms with Crippen LogP contribution in [-0.2, 0) is 0 Å². The summed E-state index contributed by atoms with van der Waals surface area (Å²) >= 11 is 5.51. The zero-order valence-electron chi connectivity index (χ0n) is 13.0. The zero-order valence-corrected chi connectivity index (χ0v) is 13.8. The molecule has 1 aliphatic carbocycles. The standard InChI is InChI=1S/C17H26N2S/c1-11-7-6-10-15(14(11)4)18-17(20)19-16-12(2)8-5-9-13(16)3/h5,8-9,11,14-15H,6-7,10H2,1-4H3,(H2,18,19,20). The summed E-state index contributed by atoms with van der Waals surface area (Å²) in [5.74, 6) is 1.46. The third-order valence-corrected chi connectivity index (χ3v) is 4.96. The first-order valence-electron chi connectivity index (χ1n) is 7.62. The Morgan fingerprint density at radius 2 is 1.80 bits per heavy atom. The van der Waals surface area contributed by atoms with Crippen LogP contribution in [0.5, 0.6) is 0 Å². The van der Waals surface area contributed by atoms with Crippen LogP contribution in [-0.4, -0.2) is 11.2 Å². The highest BCUT2D eigenvalue weighted by Gasteiger charge is 2.27. The molecule has 1 aromatic rings. The summed E-state index contributed by atoms with van der Waals surface area (Å²) < 4.78 is 0. The number of anilines is 1. The van der Waals surface area contributed by atoms with E-state index in [1.807, 2.05) is 0 Å². The lowest BCUT2D eigenvalue weighted by atomic mass is 9.78. The predicted octanol–water partition coefficient (Wildman–Crippen LogP) is 4.41. The van der Waals surface area contributed by atoms with Crippen molar-refractivity contribution in [3.8, 4) is 0 Å². The van der Waals surface area contributed by atoms with E-state index < -0.39 is 0 Å². The summed E-state index contributed by atoms with van der Waals surface area (Å²) in [5, 5.41) is 7.66. The average Bonchev–Trinajstić information content (AvgIpc) is 2.39. The number of aryl methyl sites for hydroxylation is 2. The third kappa shape index (κ3) is 3.51. The van der Waals surface area contributed by atoms with Crippen LogP contribution in [0.4, 0.5) is 5.69 Å². The van der Waals surface area contributed by atoms with Gasteiger partial charge in [-0.2, -0.15) is 0 Å². The highest BCUT2D eigenvalue weighted by atomic mass is 32.1. The zero-order chi connectivity index (χ0) is 14.7. The molecule has 0 aliphatic heterocycles. The number of hydrogen-bond donors (Lipinski definition) is 2. The van der Waals surface area contributed by atoms with Crippen molar-refractivity contribution in [1.29, 1.82) is 0 Å². The van der Waals surface area contributed by atoms with Crippen LogP contribution in [0.1, 0.15) is 44.2 Å². The first-order chi connectivity index (χ1) is 9.49. The van der Waals surface area contributed by atoms with Crippen LogP contribution in [0, 0.1) is 25.7 Å². The molecule has 0 aromatic heterocycles. The van der Waals surface area contributed by atoms with E-state index >= 15 is 0 Å². The Balaban J connectivity index is 1.99. The summed E-state index contributed by atoms with van der Waals surface area (Å²) in [6, 6.07) is 6.81. The number of rotatable bonds is 2. The van der Waals surface area contributed by atoms with Gasteiger partial charge in [-0.3, -0.25) is 0 Å². The topological polar surface area (TPSA) is 24.1 Å². The molecule has 0 heterocycles. The van der Waals surface area contributed by atoms with Crippen LogP contribution >= 0.6 is 12.2 Å². The van der Waals surface area contributed by atoms with E-state index in [1.54, 1.807) is 0 Å². The molecule has 0 radical (unpaired) electrons. The van der Waals surface area contributed by atoms with Crippen LogP contribution < -0.4 is 10.6 Å². The lowest BCUT2D eigenvalue weighted by Gasteiger charge is -2.35. The molecule has 3 atom stereocenters. The van der Waals surface area contributed by atoms with Gasteiger partial charge in [0.25, 0.3) is 0 Å². The molecule has 0 saturated heterocycles. The molecule has 3 unspecified atom stereocenters. The summed E-state index contributed by atoms with van der Waals surface area (Å²) in [5.41, 5.74) is 3.61. The SMILES string of the molecule is Cc1cccc(C)c1NC(=S)NC1CCCC(C)C1C. The maximum atomic E-state index is 5.51. The molecule has 0 spiro atoms. The summed E-state index contributed by atoms with van der Waals surface area (Å²) in [4.78, 5) is 0. The van der Waals surface area contributed by atoms with Crippen molar-refractivity contribution in [1.82, 2.24) is 5.32 Å². The molecule has 0 bridgehead atoms. The number of benzene rings is 1. The summed E-state index contributed by atoms with van der Waals surface area (Å²) in [6.45, 7) is 8.91. The molecule has 1 aromatic carbocycles. The molecule has 20 heavy (non-hydrogen) atoms. The molecule has 1 aliphatic rings. The Kier molecular flexibility index (Phi) is 5.03. The Labute approximate surface area is 128 Å². The number of nitrogens with one attached hydrogen (secondary N) is 2. The smallest absolute Gasteiger partial charge is 0.171 e. The lowest BCUT2D eigenvalue weighted by molar-refractivity contribution is 0.225. The third-order valence-electron chi connectivity index (χ3n) is 4.74. The largest absolute Gasteiger partial charge is 0.359 e. The van der Waals surface area contributed by atoms with Crippen molar-refractivity contribution in [3.05, 3.63) is 29.3 Å².